The van der Waals surface area contributed by atoms with Crippen molar-refractivity contribution < 1.29 is 18.7 Å². The lowest BCUT2D eigenvalue weighted by Crippen LogP contribution is -2.26. The van der Waals surface area contributed by atoms with E-state index < -0.39 is 0 Å². The van der Waals surface area contributed by atoms with Gasteiger partial charge in [0.1, 0.15) is 5.75 Å². The SMILES string of the molecule is COc1ccccc1CN(C)C(=O)c1sc(NC(=O)c2ccco2)cc1C. The van der Waals surface area contributed by atoms with Crippen LogP contribution < -0.4 is 10.1 Å². The summed E-state index contributed by atoms with van der Waals surface area (Å²) in [5.74, 6) is 0.512. The Hall–Kier alpha value is -3.06. The van der Waals surface area contributed by atoms with Crippen molar-refractivity contribution in [1.29, 1.82) is 0 Å². The molecule has 0 saturated carbocycles. The van der Waals surface area contributed by atoms with Crippen molar-refractivity contribution in [2.75, 3.05) is 19.5 Å². The Labute approximate surface area is 161 Å². The number of hydrogen-bond donors (Lipinski definition) is 1. The molecule has 1 N–H and O–H groups in total. The molecule has 1 aromatic carbocycles. The summed E-state index contributed by atoms with van der Waals surface area (Å²) in [6.45, 7) is 2.28. The summed E-state index contributed by atoms with van der Waals surface area (Å²) in [7, 11) is 3.35. The first-order valence-corrected chi connectivity index (χ1v) is 9.14. The van der Waals surface area contributed by atoms with Crippen molar-refractivity contribution in [3.63, 3.8) is 0 Å². The Bertz CT molecular complexity index is 947. The Morgan fingerprint density at radius 2 is 2.00 bits per heavy atom. The van der Waals surface area contributed by atoms with E-state index in [0.29, 0.717) is 16.4 Å². The van der Waals surface area contributed by atoms with Crippen LogP contribution in [-0.4, -0.2) is 30.9 Å². The number of nitrogens with zero attached hydrogens (tertiary/aromatic N) is 1. The number of nitrogens with one attached hydrogen (secondary N) is 1. The molecule has 0 saturated heterocycles. The number of rotatable bonds is 6. The third kappa shape index (κ3) is 4.20. The molecular weight excluding hydrogens is 364 g/mol. The van der Waals surface area contributed by atoms with Crippen LogP contribution in [0.3, 0.4) is 0 Å². The van der Waals surface area contributed by atoms with E-state index in [1.807, 2.05) is 31.2 Å². The fourth-order valence-electron chi connectivity index (χ4n) is 2.67. The average molecular weight is 384 g/mol. The third-order valence-corrected chi connectivity index (χ3v) is 5.18. The zero-order chi connectivity index (χ0) is 19.4. The van der Waals surface area contributed by atoms with Crippen molar-refractivity contribution in [2.45, 2.75) is 13.5 Å². The normalized spacial score (nSPS) is 10.5. The molecule has 0 spiro atoms. The second kappa shape index (κ2) is 8.09. The molecule has 27 heavy (non-hydrogen) atoms. The number of anilines is 1. The Morgan fingerprint density at radius 1 is 1.22 bits per heavy atom. The van der Waals surface area contributed by atoms with Crippen LogP contribution >= 0.6 is 11.3 Å². The number of furan rings is 1. The van der Waals surface area contributed by atoms with Crippen LogP contribution in [0.25, 0.3) is 0 Å². The molecule has 0 bridgehead atoms. The number of carbonyl (C=O) groups excluding carboxylic acids is 2. The van der Waals surface area contributed by atoms with Gasteiger partial charge in [0, 0.05) is 19.2 Å². The van der Waals surface area contributed by atoms with Gasteiger partial charge in [0.15, 0.2) is 5.76 Å². The summed E-state index contributed by atoms with van der Waals surface area (Å²) in [6.07, 6.45) is 1.44. The quantitative estimate of drug-likeness (QED) is 0.692. The molecule has 2 heterocycles. The van der Waals surface area contributed by atoms with E-state index >= 15 is 0 Å². The van der Waals surface area contributed by atoms with Gasteiger partial charge in [-0.05, 0) is 36.8 Å². The molecule has 0 aliphatic heterocycles. The van der Waals surface area contributed by atoms with E-state index in [0.717, 1.165) is 16.9 Å². The third-order valence-electron chi connectivity index (χ3n) is 4.04. The molecule has 2 amide bonds. The van der Waals surface area contributed by atoms with Crippen molar-refractivity contribution in [3.05, 3.63) is 70.5 Å². The maximum atomic E-state index is 12.9. The molecule has 0 aliphatic carbocycles. The maximum Gasteiger partial charge on any atom is 0.291 e. The molecule has 0 unspecified atom stereocenters. The van der Waals surface area contributed by atoms with Gasteiger partial charge in [-0.2, -0.15) is 0 Å². The molecule has 140 valence electrons. The lowest BCUT2D eigenvalue weighted by molar-refractivity contribution is 0.0788. The minimum atomic E-state index is -0.345. The lowest BCUT2D eigenvalue weighted by atomic mass is 10.2. The largest absolute Gasteiger partial charge is 0.496 e. The van der Waals surface area contributed by atoms with Crippen molar-refractivity contribution in [1.82, 2.24) is 4.90 Å². The topological polar surface area (TPSA) is 71.8 Å². The first kappa shape index (κ1) is 18.7. The Morgan fingerprint density at radius 3 is 2.70 bits per heavy atom. The second-order valence-electron chi connectivity index (χ2n) is 6.03. The monoisotopic (exact) mass is 384 g/mol. The van der Waals surface area contributed by atoms with Crippen LogP contribution in [0, 0.1) is 6.92 Å². The Balaban J connectivity index is 1.73. The van der Waals surface area contributed by atoms with Crippen LogP contribution in [0.4, 0.5) is 5.00 Å². The summed E-state index contributed by atoms with van der Waals surface area (Å²) in [6, 6.07) is 12.6. The minimum absolute atomic E-state index is 0.109. The highest BCUT2D eigenvalue weighted by Gasteiger charge is 2.20. The highest BCUT2D eigenvalue weighted by Crippen LogP contribution is 2.29. The smallest absolute Gasteiger partial charge is 0.291 e. The Kier molecular flexibility index (Phi) is 5.61. The van der Waals surface area contributed by atoms with E-state index in [2.05, 4.69) is 5.32 Å². The van der Waals surface area contributed by atoms with E-state index in [9.17, 15) is 9.59 Å². The standard InChI is InChI=1S/C20H20N2O4S/c1-13-11-17(21-19(23)16-9-6-10-26-16)27-18(13)20(24)22(2)12-14-7-4-5-8-15(14)25-3/h4-11H,12H2,1-3H3,(H,21,23). The first-order chi connectivity index (χ1) is 13.0. The van der Waals surface area contributed by atoms with Gasteiger partial charge in [0.25, 0.3) is 11.8 Å². The summed E-state index contributed by atoms with van der Waals surface area (Å²) in [5.41, 5.74) is 1.74. The fraction of sp³-hybridized carbons (Fsp3) is 0.200. The van der Waals surface area contributed by atoms with Crippen LogP contribution in [0.2, 0.25) is 0 Å². The van der Waals surface area contributed by atoms with Gasteiger partial charge in [-0.3, -0.25) is 9.59 Å². The van der Waals surface area contributed by atoms with Crippen molar-refractivity contribution in [2.24, 2.45) is 0 Å². The molecular formula is C20H20N2O4S. The van der Waals surface area contributed by atoms with Gasteiger partial charge >= 0.3 is 0 Å². The average Bonchev–Trinajstić information content (AvgIpc) is 3.31. The number of benzene rings is 1. The van der Waals surface area contributed by atoms with Gasteiger partial charge in [-0.15, -0.1) is 11.3 Å². The molecule has 0 fully saturated rings. The zero-order valence-electron chi connectivity index (χ0n) is 15.3. The summed E-state index contributed by atoms with van der Waals surface area (Å²) in [4.78, 5) is 27.2. The highest BCUT2D eigenvalue weighted by molar-refractivity contribution is 7.18. The van der Waals surface area contributed by atoms with Gasteiger partial charge in [0.2, 0.25) is 0 Å². The van der Waals surface area contributed by atoms with Gasteiger partial charge in [-0.25, -0.2) is 0 Å². The van der Waals surface area contributed by atoms with Crippen LogP contribution in [0.5, 0.6) is 5.75 Å². The number of amides is 2. The first-order valence-electron chi connectivity index (χ1n) is 8.32. The number of thiophene rings is 1. The van der Waals surface area contributed by atoms with Crippen molar-refractivity contribution in [3.8, 4) is 5.75 Å². The minimum Gasteiger partial charge on any atom is -0.496 e. The van der Waals surface area contributed by atoms with Crippen LogP contribution in [0.1, 0.15) is 31.4 Å². The zero-order valence-corrected chi connectivity index (χ0v) is 16.1. The molecule has 0 aliphatic rings. The maximum absolute atomic E-state index is 12.9. The highest BCUT2D eigenvalue weighted by atomic mass is 32.1. The van der Waals surface area contributed by atoms with E-state index in [1.54, 1.807) is 37.3 Å². The van der Waals surface area contributed by atoms with Gasteiger partial charge in [-0.1, -0.05) is 18.2 Å². The van der Waals surface area contributed by atoms with Crippen molar-refractivity contribution >= 4 is 28.2 Å². The molecule has 7 heteroatoms. The van der Waals surface area contributed by atoms with Crippen LogP contribution in [0.15, 0.2) is 53.1 Å². The van der Waals surface area contributed by atoms with Gasteiger partial charge in [0.05, 0.1) is 23.3 Å². The molecule has 3 aromatic rings. The predicted octanol–water partition coefficient (Wildman–Crippen LogP) is 4.18. The van der Waals surface area contributed by atoms with Gasteiger partial charge < -0.3 is 19.4 Å². The molecule has 6 nitrogen and oxygen atoms in total. The molecule has 3 rings (SSSR count). The predicted molar refractivity (Wildman–Crippen MR) is 105 cm³/mol. The number of hydrogen-bond acceptors (Lipinski definition) is 5. The lowest BCUT2D eigenvalue weighted by Gasteiger charge is -2.18. The number of methoxy groups -OCH3 is 1. The number of ether oxygens (including phenoxy) is 1. The second-order valence-corrected chi connectivity index (χ2v) is 7.08. The summed E-state index contributed by atoms with van der Waals surface area (Å²) >= 11 is 1.25. The summed E-state index contributed by atoms with van der Waals surface area (Å²) < 4.78 is 10.4. The number of para-hydroxylation sites is 1. The number of carbonyl (C=O) groups is 2. The number of aryl methyl sites for hydroxylation is 1. The molecule has 0 atom stereocenters. The van der Waals surface area contributed by atoms with E-state index in [-0.39, 0.29) is 17.6 Å². The summed E-state index contributed by atoms with van der Waals surface area (Å²) in [5, 5.41) is 3.36. The van der Waals surface area contributed by atoms with Crippen LogP contribution in [-0.2, 0) is 6.54 Å². The molecule has 0 radical (unpaired) electrons. The van der Waals surface area contributed by atoms with E-state index in [4.69, 9.17) is 9.15 Å². The fourth-order valence-corrected chi connectivity index (χ4v) is 3.73. The molecule has 2 aromatic heterocycles. The van der Waals surface area contributed by atoms with E-state index in [1.165, 1.54) is 17.6 Å².